The van der Waals surface area contributed by atoms with Gasteiger partial charge < -0.3 is 4.90 Å². The van der Waals surface area contributed by atoms with E-state index in [4.69, 9.17) is 0 Å². The Balaban J connectivity index is 1.82. The molecule has 0 spiro atoms. The lowest BCUT2D eigenvalue weighted by atomic mass is 10.1. The molecule has 0 aliphatic rings. The normalized spacial score (nSPS) is 10.5. The first kappa shape index (κ1) is 17.8. The molecular formula is C19H17N3O3S. The topological polar surface area (TPSA) is 76.3 Å². The number of aromatic nitrogens is 1. The average molecular weight is 367 g/mol. The van der Waals surface area contributed by atoms with Crippen LogP contribution >= 0.6 is 11.3 Å². The van der Waals surface area contributed by atoms with E-state index in [1.54, 1.807) is 34.7 Å². The molecule has 0 unspecified atom stereocenters. The number of nitrogens with zero attached hydrogens (tertiary/aromatic N) is 3. The number of hydrogen-bond donors (Lipinski definition) is 0. The second-order valence-corrected chi connectivity index (χ2v) is 6.76. The maximum Gasteiger partial charge on any atom is 0.270 e. The number of benzene rings is 1. The number of thiophene rings is 1. The number of nitro groups is 1. The lowest BCUT2D eigenvalue weighted by Crippen LogP contribution is -2.32. The van der Waals surface area contributed by atoms with Gasteiger partial charge in [0, 0.05) is 48.1 Å². The number of hydrogen-bond acceptors (Lipinski definition) is 5. The van der Waals surface area contributed by atoms with Crippen LogP contribution in [-0.2, 0) is 13.0 Å². The molecule has 1 aromatic carbocycles. The fourth-order valence-corrected chi connectivity index (χ4v) is 3.30. The van der Waals surface area contributed by atoms with E-state index in [2.05, 4.69) is 4.98 Å². The highest BCUT2D eigenvalue weighted by Crippen LogP contribution is 2.17. The Labute approximate surface area is 154 Å². The highest BCUT2D eigenvalue weighted by atomic mass is 32.1. The molecule has 0 radical (unpaired) electrons. The number of amides is 1. The van der Waals surface area contributed by atoms with Gasteiger partial charge in [0.2, 0.25) is 0 Å². The Morgan fingerprint density at radius 2 is 2.08 bits per heavy atom. The molecule has 7 heteroatoms. The minimum atomic E-state index is -0.492. The average Bonchev–Trinajstić information content (AvgIpc) is 3.19. The van der Waals surface area contributed by atoms with Gasteiger partial charge in [-0.2, -0.15) is 0 Å². The fourth-order valence-electron chi connectivity index (χ4n) is 2.60. The summed E-state index contributed by atoms with van der Waals surface area (Å²) >= 11 is 1.65. The van der Waals surface area contributed by atoms with Crippen LogP contribution in [0.15, 0.2) is 66.3 Å². The Bertz CT molecular complexity index is 882. The summed E-state index contributed by atoms with van der Waals surface area (Å²) in [5.74, 6) is -0.228. The van der Waals surface area contributed by atoms with Crippen molar-refractivity contribution in [3.8, 4) is 0 Å². The highest BCUT2D eigenvalue weighted by Gasteiger charge is 2.19. The van der Waals surface area contributed by atoms with E-state index in [1.807, 2.05) is 29.6 Å². The summed E-state index contributed by atoms with van der Waals surface area (Å²) in [6.07, 6.45) is 4.14. The monoisotopic (exact) mass is 367 g/mol. The number of carbonyl (C=O) groups excluding carboxylic acids is 1. The van der Waals surface area contributed by atoms with Crippen molar-refractivity contribution >= 4 is 22.9 Å². The Kier molecular flexibility index (Phi) is 5.70. The van der Waals surface area contributed by atoms with Crippen LogP contribution in [0.4, 0.5) is 5.69 Å². The fraction of sp³-hybridized carbons (Fsp3) is 0.158. The molecule has 0 saturated heterocycles. The largest absolute Gasteiger partial charge is 0.334 e. The predicted octanol–water partition coefficient (Wildman–Crippen LogP) is 3.94. The zero-order chi connectivity index (χ0) is 18.4. The van der Waals surface area contributed by atoms with Gasteiger partial charge in [-0.3, -0.25) is 19.9 Å². The van der Waals surface area contributed by atoms with Gasteiger partial charge in [-0.05, 0) is 35.6 Å². The third-order valence-corrected chi connectivity index (χ3v) is 4.83. The summed E-state index contributed by atoms with van der Waals surface area (Å²) in [7, 11) is 0. The van der Waals surface area contributed by atoms with Crippen LogP contribution in [0, 0.1) is 10.1 Å². The number of pyridine rings is 1. The van der Waals surface area contributed by atoms with Crippen LogP contribution in [0.2, 0.25) is 0 Å². The standard InChI is InChI=1S/C19H17N3O3S/c23-19(16-5-1-6-17(12-16)22(24)25)21(10-8-18-7-3-11-26-18)14-15-4-2-9-20-13-15/h1-7,9,11-13H,8,10,14H2. The summed E-state index contributed by atoms with van der Waals surface area (Å²) in [6.45, 7) is 0.928. The third kappa shape index (κ3) is 4.52. The van der Waals surface area contributed by atoms with Crippen LogP contribution in [0.3, 0.4) is 0 Å². The Morgan fingerprint density at radius 1 is 1.19 bits per heavy atom. The first-order valence-corrected chi connectivity index (χ1v) is 8.96. The lowest BCUT2D eigenvalue weighted by Gasteiger charge is -2.22. The quantitative estimate of drug-likeness (QED) is 0.468. The van der Waals surface area contributed by atoms with Crippen molar-refractivity contribution in [1.29, 1.82) is 0 Å². The van der Waals surface area contributed by atoms with Crippen LogP contribution in [0.25, 0.3) is 0 Å². The van der Waals surface area contributed by atoms with E-state index in [-0.39, 0.29) is 11.6 Å². The summed E-state index contributed by atoms with van der Waals surface area (Å²) in [4.78, 5) is 30.5. The van der Waals surface area contributed by atoms with Crippen LogP contribution in [0.1, 0.15) is 20.8 Å². The molecule has 0 bridgehead atoms. The summed E-state index contributed by atoms with van der Waals surface area (Å²) in [5.41, 5.74) is 1.14. The molecular weight excluding hydrogens is 350 g/mol. The minimum Gasteiger partial charge on any atom is -0.334 e. The van der Waals surface area contributed by atoms with Gasteiger partial charge in [-0.1, -0.05) is 18.2 Å². The van der Waals surface area contributed by atoms with Crippen molar-refractivity contribution in [2.24, 2.45) is 0 Å². The van der Waals surface area contributed by atoms with Gasteiger partial charge in [0.05, 0.1) is 4.92 Å². The molecule has 0 fully saturated rings. The third-order valence-electron chi connectivity index (χ3n) is 3.90. The first-order valence-electron chi connectivity index (χ1n) is 8.08. The van der Waals surface area contributed by atoms with Crippen LogP contribution < -0.4 is 0 Å². The van der Waals surface area contributed by atoms with Gasteiger partial charge in [-0.25, -0.2) is 0 Å². The maximum absolute atomic E-state index is 13.0. The van der Waals surface area contributed by atoms with Crippen molar-refractivity contribution < 1.29 is 9.72 Å². The van der Waals surface area contributed by atoms with Gasteiger partial charge in [0.1, 0.15) is 0 Å². The van der Waals surface area contributed by atoms with Gasteiger partial charge >= 0.3 is 0 Å². The molecule has 0 N–H and O–H groups in total. The molecule has 132 valence electrons. The maximum atomic E-state index is 13.0. The van der Waals surface area contributed by atoms with Crippen molar-refractivity contribution in [1.82, 2.24) is 9.88 Å². The number of non-ortho nitro benzene ring substituents is 1. The smallest absolute Gasteiger partial charge is 0.270 e. The molecule has 0 atom stereocenters. The Hall–Kier alpha value is -3.06. The van der Waals surface area contributed by atoms with E-state index in [1.165, 1.54) is 23.1 Å². The van der Waals surface area contributed by atoms with Crippen molar-refractivity contribution in [3.63, 3.8) is 0 Å². The SMILES string of the molecule is O=C(c1cccc([N+](=O)[O-])c1)N(CCc1cccs1)Cc1cccnc1. The minimum absolute atomic E-state index is 0.0876. The molecule has 2 heterocycles. The molecule has 0 aliphatic heterocycles. The van der Waals surface area contributed by atoms with Crippen molar-refractivity contribution in [3.05, 3.63) is 92.4 Å². The molecule has 26 heavy (non-hydrogen) atoms. The van der Waals surface area contributed by atoms with E-state index in [0.29, 0.717) is 18.7 Å². The molecule has 3 aromatic rings. The van der Waals surface area contributed by atoms with Crippen LogP contribution in [0.5, 0.6) is 0 Å². The molecule has 2 aromatic heterocycles. The molecule has 1 amide bonds. The number of carbonyl (C=O) groups is 1. The van der Waals surface area contributed by atoms with E-state index in [0.717, 1.165) is 12.0 Å². The van der Waals surface area contributed by atoms with Gasteiger partial charge in [0.15, 0.2) is 0 Å². The predicted molar refractivity (Wildman–Crippen MR) is 100 cm³/mol. The summed E-state index contributed by atoms with van der Waals surface area (Å²) in [5, 5.41) is 13.0. The lowest BCUT2D eigenvalue weighted by molar-refractivity contribution is -0.384. The van der Waals surface area contributed by atoms with E-state index < -0.39 is 4.92 Å². The Morgan fingerprint density at radius 3 is 2.77 bits per heavy atom. The molecule has 3 rings (SSSR count). The second kappa shape index (κ2) is 8.35. The van der Waals surface area contributed by atoms with Crippen LogP contribution in [-0.4, -0.2) is 27.3 Å². The summed E-state index contributed by atoms with van der Waals surface area (Å²) in [6, 6.07) is 13.6. The highest BCUT2D eigenvalue weighted by molar-refractivity contribution is 7.09. The van der Waals surface area contributed by atoms with Crippen molar-refractivity contribution in [2.75, 3.05) is 6.54 Å². The van der Waals surface area contributed by atoms with E-state index >= 15 is 0 Å². The van der Waals surface area contributed by atoms with Gasteiger partial charge in [-0.15, -0.1) is 11.3 Å². The number of nitro benzene ring substituents is 1. The molecule has 0 aliphatic carbocycles. The summed E-state index contributed by atoms with van der Waals surface area (Å²) < 4.78 is 0. The molecule has 0 saturated carbocycles. The first-order chi connectivity index (χ1) is 12.6. The number of rotatable bonds is 7. The molecule has 6 nitrogen and oxygen atoms in total. The van der Waals surface area contributed by atoms with Gasteiger partial charge in [0.25, 0.3) is 11.6 Å². The van der Waals surface area contributed by atoms with E-state index in [9.17, 15) is 14.9 Å². The van der Waals surface area contributed by atoms with Crippen molar-refractivity contribution in [2.45, 2.75) is 13.0 Å². The zero-order valence-corrected chi connectivity index (χ0v) is 14.8. The second-order valence-electron chi connectivity index (χ2n) is 5.72. The zero-order valence-electron chi connectivity index (χ0n) is 13.9.